The summed E-state index contributed by atoms with van der Waals surface area (Å²) < 4.78 is 11.9. The van der Waals surface area contributed by atoms with Crippen LogP contribution in [-0.4, -0.2) is 41.4 Å². The van der Waals surface area contributed by atoms with Crippen LogP contribution in [0.1, 0.15) is 11.5 Å². The van der Waals surface area contributed by atoms with Crippen LogP contribution in [0.3, 0.4) is 0 Å². The highest BCUT2D eigenvalue weighted by atomic mass is 35.5. The number of nitrogens with zero attached hydrogens (tertiary/aromatic N) is 2. The molecule has 2 unspecified atom stereocenters. The largest absolute Gasteiger partial charge is 0.357 e. The molecule has 0 bridgehead atoms. The molecule has 0 fully saturated rings. The zero-order valence-corrected chi connectivity index (χ0v) is 17.5. The van der Waals surface area contributed by atoms with Crippen molar-refractivity contribution < 1.29 is 14.4 Å². The van der Waals surface area contributed by atoms with E-state index in [0.717, 1.165) is 22.5 Å². The molecule has 2 aromatic rings. The summed E-state index contributed by atoms with van der Waals surface area (Å²) in [6.07, 6.45) is 11.5. The molecule has 3 rings (SSSR count). The number of nitrogens with one attached hydrogen (secondary N) is 1. The molecular weight excluding hydrogens is 405 g/mol. The van der Waals surface area contributed by atoms with Gasteiger partial charge in [-0.3, -0.25) is 4.57 Å². The van der Waals surface area contributed by atoms with Gasteiger partial charge < -0.3 is 19.3 Å². The highest BCUT2D eigenvalue weighted by Crippen LogP contribution is 2.37. The van der Waals surface area contributed by atoms with Gasteiger partial charge in [-0.25, -0.2) is 4.98 Å². The molecular formula is C18H23ClN3O3PS. The zero-order valence-electron chi connectivity index (χ0n) is 15.1. The van der Waals surface area contributed by atoms with Crippen LogP contribution < -0.4 is 10.7 Å². The maximum Gasteiger partial charge on any atom is 0.335 e. The van der Waals surface area contributed by atoms with Gasteiger partial charge in [0, 0.05) is 25.4 Å². The third-order valence-corrected chi connectivity index (χ3v) is 6.49. The monoisotopic (exact) mass is 427 g/mol. The number of hydrogen-bond acceptors (Lipinski definition) is 3. The molecule has 1 aliphatic rings. The van der Waals surface area contributed by atoms with Gasteiger partial charge in [-0.05, 0) is 36.1 Å². The van der Waals surface area contributed by atoms with E-state index < -0.39 is 7.60 Å². The molecule has 6 nitrogen and oxygen atoms in total. The number of alkyl halides is 1. The highest BCUT2D eigenvalue weighted by Gasteiger charge is 2.19. The average molecular weight is 428 g/mol. The normalized spacial score (nSPS) is 18.1. The number of hydrogen-bond donors (Lipinski definition) is 3. The summed E-state index contributed by atoms with van der Waals surface area (Å²) in [5.41, 5.74) is 1.10. The van der Waals surface area contributed by atoms with Crippen molar-refractivity contribution in [2.45, 2.75) is 11.3 Å². The number of rotatable bonds is 3. The Bertz CT molecular complexity index is 968. The van der Waals surface area contributed by atoms with Crippen molar-refractivity contribution in [2.75, 3.05) is 11.7 Å². The minimum Gasteiger partial charge on any atom is -0.357 e. The number of thioether (sulfide) groups is 1. The minimum absolute atomic E-state index is 0.0743. The molecule has 146 valence electrons. The number of aromatic amines is 1. The fourth-order valence-electron chi connectivity index (χ4n) is 2.52. The first kappa shape index (κ1) is 21.8. The summed E-state index contributed by atoms with van der Waals surface area (Å²) in [7, 11) is -1.70. The molecule has 0 spiro atoms. The smallest absolute Gasteiger partial charge is 0.335 e. The Morgan fingerprint density at radius 2 is 1.96 bits per heavy atom. The first-order valence-electron chi connectivity index (χ1n) is 8.16. The quantitative estimate of drug-likeness (QED) is 0.516. The van der Waals surface area contributed by atoms with Gasteiger partial charge in [0.25, 0.3) is 0 Å². The van der Waals surface area contributed by atoms with E-state index in [4.69, 9.17) is 21.4 Å². The maximum absolute atomic E-state index is 9.90. The van der Waals surface area contributed by atoms with Crippen molar-refractivity contribution in [2.24, 2.45) is 7.05 Å². The van der Waals surface area contributed by atoms with Crippen LogP contribution in [-0.2, 0) is 11.6 Å². The SMILES string of the molecule is CSCP(=O)(O)O.Cn1ccccc(C2C=c3nc[nH]c3=CC2Cl)ccc1. The van der Waals surface area contributed by atoms with Crippen LogP contribution in [0.2, 0.25) is 0 Å². The van der Waals surface area contributed by atoms with Crippen molar-refractivity contribution in [3.8, 4) is 0 Å². The number of imidazole rings is 1. The molecule has 2 atom stereocenters. The van der Waals surface area contributed by atoms with Crippen LogP contribution in [0.15, 0.2) is 49.1 Å². The van der Waals surface area contributed by atoms with Gasteiger partial charge in [0.2, 0.25) is 0 Å². The Balaban J connectivity index is 0.000000321. The number of aromatic nitrogens is 3. The maximum atomic E-state index is 9.90. The summed E-state index contributed by atoms with van der Waals surface area (Å²) in [4.78, 5) is 23.6. The molecule has 9 heteroatoms. The van der Waals surface area contributed by atoms with Gasteiger partial charge in [-0.2, -0.15) is 11.8 Å². The molecule has 3 N–H and O–H groups in total. The van der Waals surface area contributed by atoms with Gasteiger partial charge in [-0.1, -0.05) is 18.2 Å². The fourth-order valence-corrected chi connectivity index (χ4v) is 4.21. The first-order chi connectivity index (χ1) is 12.8. The standard InChI is InChI=1S/C16H16ClN3.C2H7O3PS/c1-20-7-3-2-5-12(6-4-8-20)13-9-15-16(10-14(13)17)19-11-18-15;1-7-2-6(3,4)5/h2-11,13-14H,1H3,(H,18,19);2H2,1H3,(H2,3,4,5). The Morgan fingerprint density at radius 1 is 1.26 bits per heavy atom. The zero-order chi connectivity index (χ0) is 19.9. The Kier molecular flexibility index (Phi) is 8.20. The third kappa shape index (κ3) is 7.20. The van der Waals surface area contributed by atoms with E-state index in [1.165, 1.54) is 5.56 Å². The van der Waals surface area contributed by atoms with E-state index in [-0.39, 0.29) is 16.8 Å². The van der Waals surface area contributed by atoms with Crippen molar-refractivity contribution in [3.05, 3.63) is 65.3 Å². The molecule has 0 saturated heterocycles. The van der Waals surface area contributed by atoms with Crippen molar-refractivity contribution in [1.29, 1.82) is 0 Å². The molecule has 0 aliphatic heterocycles. The summed E-state index contributed by atoms with van der Waals surface area (Å²) >= 11 is 7.65. The lowest BCUT2D eigenvalue weighted by molar-refractivity contribution is 0.379. The van der Waals surface area contributed by atoms with Crippen molar-refractivity contribution in [3.63, 3.8) is 0 Å². The molecule has 0 aromatic carbocycles. The van der Waals surface area contributed by atoms with Crippen LogP contribution in [0.4, 0.5) is 0 Å². The summed E-state index contributed by atoms with van der Waals surface area (Å²) in [6, 6.07) is 10.3. The predicted octanol–water partition coefficient (Wildman–Crippen LogP) is 2.32. The number of halogens is 1. The molecule has 0 saturated carbocycles. The molecule has 2 heterocycles. The molecule has 27 heavy (non-hydrogen) atoms. The molecule has 2 aromatic heterocycles. The second-order valence-corrected chi connectivity index (χ2v) is 9.41. The van der Waals surface area contributed by atoms with Gasteiger partial charge in [0.05, 0.1) is 27.9 Å². The Morgan fingerprint density at radius 3 is 2.63 bits per heavy atom. The number of H-pyrrole nitrogens is 1. The van der Waals surface area contributed by atoms with Gasteiger partial charge in [-0.15, -0.1) is 11.6 Å². The predicted molar refractivity (Wildman–Crippen MR) is 113 cm³/mol. The summed E-state index contributed by atoms with van der Waals surface area (Å²) in [5.74, 6) is 0.130. The van der Waals surface area contributed by atoms with Gasteiger partial charge >= 0.3 is 7.60 Å². The summed E-state index contributed by atoms with van der Waals surface area (Å²) in [6.45, 7) is 0. The summed E-state index contributed by atoms with van der Waals surface area (Å²) in [5, 5.41) is 1.90. The van der Waals surface area contributed by atoms with Crippen molar-refractivity contribution in [1.82, 2.24) is 14.5 Å². The first-order valence-corrected chi connectivity index (χ1v) is 11.8. The van der Waals surface area contributed by atoms with E-state index in [9.17, 15) is 4.57 Å². The van der Waals surface area contributed by atoms with E-state index in [2.05, 4.69) is 28.2 Å². The van der Waals surface area contributed by atoms with Crippen molar-refractivity contribution >= 4 is 43.1 Å². The third-order valence-electron chi connectivity index (χ3n) is 3.72. The van der Waals surface area contributed by atoms with Gasteiger partial charge in [0.1, 0.15) is 0 Å². The second kappa shape index (κ2) is 10.2. The van der Waals surface area contributed by atoms with Gasteiger partial charge in [0.15, 0.2) is 0 Å². The van der Waals surface area contributed by atoms with Crippen LogP contribution in [0.25, 0.3) is 12.2 Å². The lowest BCUT2D eigenvalue weighted by atomic mass is 9.93. The number of fused-ring (bicyclic) bond motifs is 1. The van der Waals surface area contributed by atoms with Crippen LogP contribution in [0.5, 0.6) is 0 Å². The molecule has 1 aliphatic carbocycles. The van der Waals surface area contributed by atoms with Crippen LogP contribution >= 0.6 is 31.0 Å². The molecule has 0 amide bonds. The van der Waals surface area contributed by atoms with E-state index >= 15 is 0 Å². The van der Waals surface area contributed by atoms with Crippen LogP contribution in [0, 0.1) is 0 Å². The van der Waals surface area contributed by atoms with E-state index in [1.54, 1.807) is 12.6 Å². The van der Waals surface area contributed by atoms with E-state index in [1.807, 2.05) is 48.3 Å². The topological polar surface area (TPSA) is 91.1 Å². The average Bonchev–Trinajstić information content (AvgIpc) is 3.05. The Labute approximate surface area is 167 Å². The number of aryl methyl sites for hydroxylation is 1. The lowest BCUT2D eigenvalue weighted by Crippen LogP contribution is -2.32. The highest BCUT2D eigenvalue weighted by molar-refractivity contribution is 8.03. The minimum atomic E-state index is -3.70. The lowest BCUT2D eigenvalue weighted by Gasteiger charge is -2.17. The second-order valence-electron chi connectivity index (χ2n) is 5.96. The fraction of sp³-hybridized carbons (Fsp3) is 0.278. The van der Waals surface area contributed by atoms with E-state index in [0.29, 0.717) is 0 Å². The molecule has 0 radical (unpaired) electrons. The Hall–Kier alpha value is -1.50.